The Bertz CT molecular complexity index is 1100. The molecule has 0 bridgehead atoms. The van der Waals surface area contributed by atoms with Crippen LogP contribution in [-0.2, 0) is 0 Å². The largest absolute Gasteiger partial charge is 0.366 e. The van der Waals surface area contributed by atoms with Crippen LogP contribution in [0.15, 0.2) is 54.7 Å². The summed E-state index contributed by atoms with van der Waals surface area (Å²) in [6.07, 6.45) is 1.52. The molecule has 4 rings (SSSR count). The number of halogens is 2. The molecule has 4 aromatic rings. The molecule has 0 atom stereocenters. The van der Waals surface area contributed by atoms with E-state index < -0.39 is 11.6 Å². The zero-order valence-corrected chi connectivity index (χ0v) is 12.8. The summed E-state index contributed by atoms with van der Waals surface area (Å²) in [6.45, 7) is 0. The molecule has 122 valence electrons. The predicted octanol–water partition coefficient (Wildman–Crippen LogP) is 3.61. The number of anilines is 1. The van der Waals surface area contributed by atoms with Crippen LogP contribution >= 0.6 is 0 Å². The molecule has 2 N–H and O–H groups in total. The van der Waals surface area contributed by atoms with E-state index in [-0.39, 0.29) is 11.5 Å². The average molecular weight is 335 g/mol. The minimum Gasteiger partial charge on any atom is -0.366 e. The van der Waals surface area contributed by atoms with Gasteiger partial charge in [-0.3, -0.25) is 4.98 Å². The van der Waals surface area contributed by atoms with Crippen molar-refractivity contribution in [2.75, 3.05) is 5.73 Å². The van der Waals surface area contributed by atoms with E-state index in [0.717, 1.165) is 0 Å². The third-order valence-corrected chi connectivity index (χ3v) is 3.73. The first kappa shape index (κ1) is 15.1. The van der Waals surface area contributed by atoms with E-state index in [1.165, 1.54) is 24.4 Å². The van der Waals surface area contributed by atoms with Gasteiger partial charge in [-0.15, -0.1) is 10.2 Å². The van der Waals surface area contributed by atoms with Crippen molar-refractivity contribution in [1.82, 2.24) is 20.2 Å². The summed E-state index contributed by atoms with van der Waals surface area (Å²) in [5.74, 6) is -0.961. The topological polar surface area (TPSA) is 77.6 Å². The van der Waals surface area contributed by atoms with E-state index in [1.54, 1.807) is 30.3 Å². The molecule has 0 amide bonds. The van der Waals surface area contributed by atoms with Crippen LogP contribution < -0.4 is 5.73 Å². The number of fused-ring (bicyclic) bond motifs is 1. The van der Waals surface area contributed by atoms with Crippen molar-refractivity contribution in [3.05, 3.63) is 66.4 Å². The number of rotatable bonds is 2. The molecule has 0 unspecified atom stereocenters. The second-order valence-electron chi connectivity index (χ2n) is 5.41. The van der Waals surface area contributed by atoms with Crippen LogP contribution in [0.3, 0.4) is 0 Å². The molecular formula is C18H11F2N5. The number of pyridine rings is 1. The number of hydrogen-bond donors (Lipinski definition) is 1. The van der Waals surface area contributed by atoms with Crippen molar-refractivity contribution in [2.24, 2.45) is 0 Å². The molecule has 2 heterocycles. The molecule has 0 fully saturated rings. The molecule has 0 radical (unpaired) electrons. The smallest absolute Gasteiger partial charge is 0.240 e. The van der Waals surface area contributed by atoms with Gasteiger partial charge in [-0.2, -0.15) is 0 Å². The van der Waals surface area contributed by atoms with Crippen LogP contribution in [0.25, 0.3) is 33.4 Å². The van der Waals surface area contributed by atoms with Gasteiger partial charge in [0.05, 0.1) is 0 Å². The molecule has 0 saturated carbocycles. The summed E-state index contributed by atoms with van der Waals surface area (Å²) < 4.78 is 28.0. The lowest BCUT2D eigenvalue weighted by Crippen LogP contribution is -2.03. The normalized spacial score (nSPS) is 11.0. The molecule has 2 aromatic carbocycles. The van der Waals surface area contributed by atoms with Crippen LogP contribution in [0.1, 0.15) is 0 Å². The van der Waals surface area contributed by atoms with Crippen molar-refractivity contribution in [1.29, 1.82) is 0 Å². The van der Waals surface area contributed by atoms with E-state index in [2.05, 4.69) is 20.2 Å². The van der Waals surface area contributed by atoms with Gasteiger partial charge in [0.2, 0.25) is 5.95 Å². The molecule has 0 aliphatic rings. The fraction of sp³-hybridized carbons (Fsp3) is 0. The molecule has 7 heteroatoms. The maximum Gasteiger partial charge on any atom is 0.240 e. The van der Waals surface area contributed by atoms with E-state index in [9.17, 15) is 8.78 Å². The number of nitrogens with two attached hydrogens (primary N) is 1. The lowest BCUT2D eigenvalue weighted by molar-refractivity contribution is 0.628. The highest BCUT2D eigenvalue weighted by Crippen LogP contribution is 2.31. The van der Waals surface area contributed by atoms with E-state index >= 15 is 0 Å². The van der Waals surface area contributed by atoms with Gasteiger partial charge < -0.3 is 5.73 Å². The zero-order valence-electron chi connectivity index (χ0n) is 12.8. The van der Waals surface area contributed by atoms with Gasteiger partial charge in [0.1, 0.15) is 28.5 Å². The summed E-state index contributed by atoms with van der Waals surface area (Å²) >= 11 is 0. The Kier molecular flexibility index (Phi) is 3.53. The SMILES string of the molecule is Nc1nnc(-c2cc(F)c3ncccc3c2)c(-c2cccc(F)c2)n1. The molecule has 5 nitrogen and oxygen atoms in total. The summed E-state index contributed by atoms with van der Waals surface area (Å²) in [5, 5.41) is 8.43. The summed E-state index contributed by atoms with van der Waals surface area (Å²) in [5.41, 5.74) is 7.47. The molecule has 25 heavy (non-hydrogen) atoms. The highest BCUT2D eigenvalue weighted by Gasteiger charge is 2.15. The van der Waals surface area contributed by atoms with Crippen LogP contribution in [0.5, 0.6) is 0 Å². The van der Waals surface area contributed by atoms with Gasteiger partial charge in [0, 0.05) is 22.7 Å². The third kappa shape index (κ3) is 2.76. The third-order valence-electron chi connectivity index (χ3n) is 3.73. The van der Waals surface area contributed by atoms with Crippen molar-refractivity contribution in [3.63, 3.8) is 0 Å². The number of benzene rings is 2. The first-order chi connectivity index (χ1) is 12.1. The lowest BCUT2D eigenvalue weighted by Gasteiger charge is -2.09. The zero-order chi connectivity index (χ0) is 17.4. The van der Waals surface area contributed by atoms with E-state index in [0.29, 0.717) is 27.9 Å². The number of nitrogens with zero attached hydrogens (tertiary/aromatic N) is 4. The van der Waals surface area contributed by atoms with Gasteiger partial charge in [-0.05, 0) is 30.3 Å². The van der Waals surface area contributed by atoms with E-state index in [4.69, 9.17) is 5.73 Å². The van der Waals surface area contributed by atoms with E-state index in [1.807, 2.05) is 0 Å². The van der Waals surface area contributed by atoms with Crippen LogP contribution in [0.2, 0.25) is 0 Å². The second-order valence-corrected chi connectivity index (χ2v) is 5.41. The van der Waals surface area contributed by atoms with Crippen molar-refractivity contribution >= 4 is 16.9 Å². The molecule has 0 aliphatic heterocycles. The van der Waals surface area contributed by atoms with Gasteiger partial charge in [0.25, 0.3) is 0 Å². The summed E-state index contributed by atoms with van der Waals surface area (Å²) in [4.78, 5) is 8.20. The van der Waals surface area contributed by atoms with Crippen LogP contribution in [0.4, 0.5) is 14.7 Å². The molecular weight excluding hydrogens is 324 g/mol. The first-order valence-corrected chi connectivity index (χ1v) is 7.42. The lowest BCUT2D eigenvalue weighted by atomic mass is 10.0. The van der Waals surface area contributed by atoms with Gasteiger partial charge >= 0.3 is 0 Å². The maximum atomic E-state index is 14.4. The molecule has 0 aliphatic carbocycles. The summed E-state index contributed by atoms with van der Waals surface area (Å²) in [6, 6.07) is 12.4. The van der Waals surface area contributed by atoms with Gasteiger partial charge in [-0.1, -0.05) is 18.2 Å². The Balaban J connectivity index is 1.97. The fourth-order valence-corrected chi connectivity index (χ4v) is 2.65. The Morgan fingerprint density at radius 2 is 1.72 bits per heavy atom. The molecule has 0 saturated heterocycles. The molecule has 2 aromatic heterocycles. The maximum absolute atomic E-state index is 14.4. The standard InChI is InChI=1S/C18H11F2N5/c19-13-5-1-3-11(8-13)16-17(24-25-18(21)23-16)12-7-10-4-2-6-22-15(10)14(20)9-12/h1-9H,(H2,21,23,25). The second kappa shape index (κ2) is 5.86. The highest BCUT2D eigenvalue weighted by molar-refractivity contribution is 5.87. The predicted molar refractivity (Wildman–Crippen MR) is 90.3 cm³/mol. The van der Waals surface area contributed by atoms with Crippen molar-refractivity contribution < 1.29 is 8.78 Å². The Hall–Kier alpha value is -3.48. The van der Waals surface area contributed by atoms with Crippen LogP contribution in [0, 0.1) is 11.6 Å². The van der Waals surface area contributed by atoms with Crippen molar-refractivity contribution in [3.8, 4) is 22.5 Å². The summed E-state index contributed by atoms with van der Waals surface area (Å²) in [7, 11) is 0. The fourth-order valence-electron chi connectivity index (χ4n) is 2.65. The quantitative estimate of drug-likeness (QED) is 0.605. The van der Waals surface area contributed by atoms with Gasteiger partial charge in [0.15, 0.2) is 0 Å². The number of aromatic nitrogens is 4. The van der Waals surface area contributed by atoms with Crippen molar-refractivity contribution in [2.45, 2.75) is 0 Å². The number of nitrogen functional groups attached to an aromatic ring is 1. The first-order valence-electron chi connectivity index (χ1n) is 7.42. The Morgan fingerprint density at radius 3 is 2.56 bits per heavy atom. The number of hydrogen-bond acceptors (Lipinski definition) is 5. The highest BCUT2D eigenvalue weighted by atomic mass is 19.1. The van der Waals surface area contributed by atoms with Crippen LogP contribution in [-0.4, -0.2) is 20.2 Å². The molecule has 0 spiro atoms. The Morgan fingerprint density at radius 1 is 0.840 bits per heavy atom. The Labute approximate surface area is 141 Å². The minimum absolute atomic E-state index is 0.0501. The minimum atomic E-state index is -0.489. The monoisotopic (exact) mass is 335 g/mol. The van der Waals surface area contributed by atoms with Gasteiger partial charge in [-0.25, -0.2) is 13.8 Å². The average Bonchev–Trinajstić information content (AvgIpc) is 2.61.